The number of hydrogen-bond acceptors (Lipinski definition) is 2. The third kappa shape index (κ3) is 4.51. The minimum atomic E-state index is -0.204. The Morgan fingerprint density at radius 2 is 1.92 bits per heavy atom. The third-order valence-corrected chi connectivity index (χ3v) is 5.60. The van der Waals surface area contributed by atoms with Crippen LogP contribution in [0.15, 0.2) is 36.5 Å². The van der Waals surface area contributed by atoms with Crippen molar-refractivity contribution in [3.63, 3.8) is 0 Å². The van der Waals surface area contributed by atoms with Crippen LogP contribution in [0.2, 0.25) is 5.02 Å². The lowest BCUT2D eigenvalue weighted by atomic mass is 9.69. The topological polar surface area (TPSA) is 37.0 Å². The van der Waals surface area contributed by atoms with Crippen molar-refractivity contribution in [1.82, 2.24) is 10.3 Å². The number of thiocarbonyl (C=S) groups is 1. The van der Waals surface area contributed by atoms with Gasteiger partial charge in [-0.3, -0.25) is 0 Å². The number of nitrogens with one attached hydrogen (secondary N) is 2. The van der Waals surface area contributed by atoms with Crippen molar-refractivity contribution in [3.05, 3.63) is 58.5 Å². The normalized spacial score (nSPS) is 16.1. The molecule has 2 N–H and O–H groups in total. The molecule has 26 heavy (non-hydrogen) atoms. The average molecular weight is 392 g/mol. The van der Waals surface area contributed by atoms with Gasteiger partial charge in [-0.1, -0.05) is 43.0 Å². The van der Waals surface area contributed by atoms with Crippen LogP contribution in [0.3, 0.4) is 0 Å². The molecular weight excluding hydrogens is 369 g/mol. The van der Waals surface area contributed by atoms with Crippen LogP contribution in [0.1, 0.15) is 43.2 Å². The second-order valence-corrected chi connectivity index (χ2v) is 7.81. The van der Waals surface area contributed by atoms with Gasteiger partial charge in [-0.25, -0.2) is 9.37 Å². The maximum absolute atomic E-state index is 13.3. The number of rotatable bonds is 4. The molecule has 3 nitrogen and oxygen atoms in total. The van der Waals surface area contributed by atoms with Gasteiger partial charge in [0.2, 0.25) is 0 Å². The van der Waals surface area contributed by atoms with Crippen LogP contribution in [-0.2, 0) is 5.41 Å². The predicted molar refractivity (Wildman–Crippen MR) is 109 cm³/mol. The van der Waals surface area contributed by atoms with Crippen LogP contribution >= 0.6 is 23.8 Å². The monoisotopic (exact) mass is 391 g/mol. The summed E-state index contributed by atoms with van der Waals surface area (Å²) in [5.74, 6) is 0.346. The SMILES string of the molecule is Cc1cnc(NC(=S)NCC2(c3ccc(F)cc3)CCCCC2)c(Cl)c1. The molecule has 3 rings (SSSR count). The summed E-state index contributed by atoms with van der Waals surface area (Å²) in [7, 11) is 0. The van der Waals surface area contributed by atoms with E-state index in [0.29, 0.717) is 22.5 Å². The Bertz CT molecular complexity index is 773. The summed E-state index contributed by atoms with van der Waals surface area (Å²) in [5.41, 5.74) is 2.14. The lowest BCUT2D eigenvalue weighted by molar-refractivity contribution is 0.292. The van der Waals surface area contributed by atoms with Crippen molar-refractivity contribution in [2.24, 2.45) is 0 Å². The van der Waals surface area contributed by atoms with Gasteiger partial charge in [0.15, 0.2) is 10.9 Å². The molecule has 1 aromatic carbocycles. The highest BCUT2D eigenvalue weighted by Gasteiger charge is 2.34. The molecule has 6 heteroatoms. The first-order valence-corrected chi connectivity index (χ1v) is 9.70. The van der Waals surface area contributed by atoms with Crippen LogP contribution in [0.4, 0.5) is 10.2 Å². The molecule has 0 radical (unpaired) electrons. The summed E-state index contributed by atoms with van der Waals surface area (Å²) in [6.45, 7) is 2.64. The van der Waals surface area contributed by atoms with E-state index >= 15 is 0 Å². The number of anilines is 1. The molecule has 138 valence electrons. The lowest BCUT2D eigenvalue weighted by Gasteiger charge is -2.38. The zero-order valence-electron chi connectivity index (χ0n) is 14.8. The zero-order chi connectivity index (χ0) is 18.6. The van der Waals surface area contributed by atoms with Crippen molar-refractivity contribution in [2.75, 3.05) is 11.9 Å². The zero-order valence-corrected chi connectivity index (χ0v) is 16.4. The van der Waals surface area contributed by atoms with E-state index in [-0.39, 0.29) is 11.2 Å². The fourth-order valence-corrected chi connectivity index (χ4v) is 4.06. The van der Waals surface area contributed by atoms with E-state index < -0.39 is 0 Å². The molecule has 0 unspecified atom stereocenters. The highest BCUT2D eigenvalue weighted by molar-refractivity contribution is 7.80. The molecule has 0 bridgehead atoms. The van der Waals surface area contributed by atoms with Gasteiger partial charge in [-0.2, -0.15) is 0 Å². The average Bonchev–Trinajstić information content (AvgIpc) is 2.64. The van der Waals surface area contributed by atoms with E-state index in [1.165, 1.54) is 37.0 Å². The van der Waals surface area contributed by atoms with E-state index in [0.717, 1.165) is 18.4 Å². The van der Waals surface area contributed by atoms with Crippen molar-refractivity contribution in [1.29, 1.82) is 0 Å². The second kappa shape index (κ2) is 8.31. The summed E-state index contributed by atoms with van der Waals surface area (Å²) in [6, 6.07) is 8.73. The summed E-state index contributed by atoms with van der Waals surface area (Å²) < 4.78 is 13.3. The maximum atomic E-state index is 13.3. The van der Waals surface area contributed by atoms with Gasteiger partial charge in [-0.05, 0) is 61.3 Å². The molecule has 1 aliphatic rings. The molecule has 0 atom stereocenters. The molecule has 1 aromatic heterocycles. The van der Waals surface area contributed by atoms with Crippen molar-refractivity contribution in [3.8, 4) is 0 Å². The molecule has 1 fully saturated rings. The van der Waals surface area contributed by atoms with Gasteiger partial charge in [0.25, 0.3) is 0 Å². The number of pyridine rings is 1. The van der Waals surface area contributed by atoms with Crippen LogP contribution in [-0.4, -0.2) is 16.6 Å². The van der Waals surface area contributed by atoms with Crippen molar-refractivity contribution >= 4 is 34.7 Å². The number of hydrogen-bond donors (Lipinski definition) is 2. The number of halogens is 2. The largest absolute Gasteiger partial charge is 0.362 e. The third-order valence-electron chi connectivity index (χ3n) is 5.06. The second-order valence-electron chi connectivity index (χ2n) is 7.00. The molecule has 1 aliphatic carbocycles. The van der Waals surface area contributed by atoms with E-state index in [2.05, 4.69) is 15.6 Å². The molecule has 1 saturated carbocycles. The van der Waals surface area contributed by atoms with Gasteiger partial charge in [0, 0.05) is 18.2 Å². The lowest BCUT2D eigenvalue weighted by Crippen LogP contribution is -2.43. The molecule has 0 saturated heterocycles. The standard InChI is InChI=1S/C20H23ClFN3S/c1-14-11-17(21)18(23-12-14)25-19(26)24-13-20(9-3-2-4-10-20)15-5-7-16(22)8-6-15/h5-8,11-12H,2-4,9-10,13H2,1H3,(H2,23,24,25,26). The molecule has 1 heterocycles. The summed E-state index contributed by atoms with van der Waals surface area (Å²) in [5, 5.41) is 7.43. The first kappa shape index (κ1) is 19.1. The van der Waals surface area contributed by atoms with Gasteiger partial charge < -0.3 is 10.6 Å². The minimum absolute atomic E-state index is 0.0256. The summed E-state index contributed by atoms with van der Waals surface area (Å²) >= 11 is 11.6. The van der Waals surface area contributed by atoms with E-state index in [4.69, 9.17) is 23.8 Å². The smallest absolute Gasteiger partial charge is 0.172 e. The molecule has 0 amide bonds. The van der Waals surface area contributed by atoms with Gasteiger partial charge >= 0.3 is 0 Å². The number of nitrogens with zero attached hydrogens (tertiary/aromatic N) is 1. The maximum Gasteiger partial charge on any atom is 0.172 e. The quantitative estimate of drug-likeness (QED) is 0.687. The Morgan fingerprint density at radius 3 is 2.58 bits per heavy atom. The molecule has 0 aliphatic heterocycles. The van der Waals surface area contributed by atoms with Crippen molar-refractivity contribution in [2.45, 2.75) is 44.4 Å². The van der Waals surface area contributed by atoms with Crippen LogP contribution in [0.25, 0.3) is 0 Å². The minimum Gasteiger partial charge on any atom is -0.362 e. The van der Waals surface area contributed by atoms with E-state index in [9.17, 15) is 4.39 Å². The Hall–Kier alpha value is -1.72. The fraction of sp³-hybridized carbons (Fsp3) is 0.400. The number of benzene rings is 1. The van der Waals surface area contributed by atoms with Crippen molar-refractivity contribution < 1.29 is 4.39 Å². The molecular formula is C20H23ClFN3S. The van der Waals surface area contributed by atoms with E-state index in [1.54, 1.807) is 6.20 Å². The molecule has 2 aromatic rings. The summed E-state index contributed by atoms with van der Waals surface area (Å²) in [4.78, 5) is 4.29. The number of aryl methyl sites for hydroxylation is 1. The van der Waals surface area contributed by atoms with Crippen LogP contribution < -0.4 is 10.6 Å². The van der Waals surface area contributed by atoms with Gasteiger partial charge in [0.1, 0.15) is 5.82 Å². The molecule has 0 spiro atoms. The first-order valence-electron chi connectivity index (χ1n) is 8.92. The predicted octanol–water partition coefficient (Wildman–Crippen LogP) is 5.37. The Balaban J connectivity index is 1.69. The van der Waals surface area contributed by atoms with Crippen LogP contribution in [0.5, 0.6) is 0 Å². The Morgan fingerprint density at radius 1 is 1.23 bits per heavy atom. The highest BCUT2D eigenvalue weighted by Crippen LogP contribution is 2.39. The fourth-order valence-electron chi connectivity index (χ4n) is 3.63. The van der Waals surface area contributed by atoms with Gasteiger partial charge in [0.05, 0.1) is 5.02 Å². The highest BCUT2D eigenvalue weighted by atomic mass is 35.5. The first-order chi connectivity index (χ1) is 12.5. The van der Waals surface area contributed by atoms with Crippen LogP contribution in [0, 0.1) is 12.7 Å². The number of aromatic nitrogens is 1. The Kier molecular flexibility index (Phi) is 6.09. The summed E-state index contributed by atoms with van der Waals surface area (Å²) in [6.07, 6.45) is 7.47. The Labute approximate surface area is 164 Å². The van der Waals surface area contributed by atoms with E-state index in [1.807, 2.05) is 25.1 Å². The van der Waals surface area contributed by atoms with Gasteiger partial charge in [-0.15, -0.1) is 0 Å².